The van der Waals surface area contributed by atoms with E-state index in [1.54, 1.807) is 12.1 Å². The van der Waals surface area contributed by atoms with Crippen molar-refractivity contribution in [2.75, 3.05) is 6.61 Å². The van der Waals surface area contributed by atoms with Crippen LogP contribution in [0, 0.1) is 19.7 Å². The highest BCUT2D eigenvalue weighted by atomic mass is 19.1. The van der Waals surface area contributed by atoms with Crippen LogP contribution in [0.1, 0.15) is 60.3 Å². The summed E-state index contributed by atoms with van der Waals surface area (Å²) in [7, 11) is 0. The van der Waals surface area contributed by atoms with Crippen LogP contribution >= 0.6 is 0 Å². The summed E-state index contributed by atoms with van der Waals surface area (Å²) in [5.74, 6) is 0.462. The van der Waals surface area contributed by atoms with E-state index in [9.17, 15) is 9.18 Å². The topological polar surface area (TPSA) is 88.9 Å². The lowest BCUT2D eigenvalue weighted by atomic mass is 10.0. The highest BCUT2D eigenvalue weighted by Gasteiger charge is 2.28. The molecule has 2 aromatic heterocycles. The van der Waals surface area contributed by atoms with Crippen molar-refractivity contribution in [3.8, 4) is 0 Å². The molecule has 194 valence electrons. The predicted molar refractivity (Wildman–Crippen MR) is 140 cm³/mol. The molecule has 0 bridgehead atoms. The largest absolute Gasteiger partial charge is 0.376 e. The van der Waals surface area contributed by atoms with Crippen LogP contribution in [0.15, 0.2) is 47.3 Å². The molecule has 2 atom stereocenters. The molecule has 2 aromatic carbocycles. The quantitative estimate of drug-likeness (QED) is 0.358. The lowest BCUT2D eigenvalue weighted by molar-refractivity contribution is 0.0888. The lowest BCUT2D eigenvalue weighted by Gasteiger charge is -2.30. The van der Waals surface area contributed by atoms with E-state index < -0.39 is 0 Å². The lowest BCUT2D eigenvalue weighted by Crippen LogP contribution is -2.33. The molecule has 0 amide bonds. The first kappa shape index (κ1) is 25.2. The van der Waals surface area contributed by atoms with Gasteiger partial charge in [-0.15, -0.1) is 5.10 Å². The highest BCUT2D eigenvalue weighted by Crippen LogP contribution is 2.28. The summed E-state index contributed by atoms with van der Waals surface area (Å²) >= 11 is 0. The van der Waals surface area contributed by atoms with Gasteiger partial charge in [0, 0.05) is 25.3 Å². The summed E-state index contributed by atoms with van der Waals surface area (Å²) in [6, 6.07) is 12.5. The Hall–Kier alpha value is -3.43. The minimum Gasteiger partial charge on any atom is -0.376 e. The maximum absolute atomic E-state index is 13.6. The van der Waals surface area contributed by atoms with E-state index in [4.69, 9.17) is 4.74 Å². The fourth-order valence-corrected chi connectivity index (χ4v) is 5.33. The SMILES string of the molecule is CC[C@@H](c1nnnn1C[C@@H]1CCCO1)N(Cc1ccc(F)cc1)Cc1cc2cc(C)cc(C)c2[nH]c1=O. The fourth-order valence-electron chi connectivity index (χ4n) is 5.33. The number of benzene rings is 2. The molecule has 1 N–H and O–H groups in total. The van der Waals surface area contributed by atoms with Crippen LogP contribution < -0.4 is 5.56 Å². The van der Waals surface area contributed by atoms with E-state index in [0.29, 0.717) is 25.2 Å². The van der Waals surface area contributed by atoms with Crippen LogP contribution in [0.25, 0.3) is 10.9 Å². The number of hydrogen-bond donors (Lipinski definition) is 1. The Labute approximate surface area is 215 Å². The van der Waals surface area contributed by atoms with E-state index in [1.165, 1.54) is 12.1 Å². The monoisotopic (exact) mass is 504 g/mol. The van der Waals surface area contributed by atoms with Crippen LogP contribution in [0.5, 0.6) is 0 Å². The molecule has 5 rings (SSSR count). The van der Waals surface area contributed by atoms with E-state index >= 15 is 0 Å². The van der Waals surface area contributed by atoms with Crippen molar-refractivity contribution in [1.82, 2.24) is 30.1 Å². The Bertz CT molecular complexity index is 1430. The summed E-state index contributed by atoms with van der Waals surface area (Å²) in [4.78, 5) is 18.5. The van der Waals surface area contributed by atoms with Crippen LogP contribution in [-0.2, 0) is 24.4 Å². The standard InChI is InChI=1S/C28H33FN6O2/c1-4-25(27-31-32-33-35(27)17-24-6-5-11-37-24)34(15-20-7-9-23(29)10-8-20)16-22-14-21-13-18(2)12-19(3)26(21)30-28(22)36/h7-10,12-14,24-25H,4-6,11,15-17H2,1-3H3,(H,30,36)/t24-,25-/m0/s1. The number of aromatic nitrogens is 5. The Morgan fingerprint density at radius 3 is 2.73 bits per heavy atom. The molecule has 1 saturated heterocycles. The number of tetrazole rings is 1. The van der Waals surface area contributed by atoms with Crippen molar-refractivity contribution in [3.63, 3.8) is 0 Å². The number of fused-ring (bicyclic) bond motifs is 1. The Balaban J connectivity index is 1.51. The fraction of sp³-hybridized carbons (Fsp3) is 0.429. The molecular weight excluding hydrogens is 471 g/mol. The molecule has 0 aliphatic carbocycles. The summed E-state index contributed by atoms with van der Waals surface area (Å²) in [5.41, 5.74) is 4.54. The first-order valence-corrected chi connectivity index (χ1v) is 12.9. The van der Waals surface area contributed by atoms with Crippen molar-refractivity contribution in [2.24, 2.45) is 0 Å². The Kier molecular flexibility index (Phi) is 7.43. The number of aromatic amines is 1. The first-order chi connectivity index (χ1) is 17.9. The Morgan fingerprint density at radius 1 is 1.19 bits per heavy atom. The predicted octanol–water partition coefficient (Wildman–Crippen LogP) is 4.60. The second kappa shape index (κ2) is 10.9. The number of ether oxygens (including phenoxy) is 1. The van der Waals surface area contributed by atoms with Crippen LogP contribution in [-0.4, -0.2) is 42.8 Å². The smallest absolute Gasteiger partial charge is 0.252 e. The Morgan fingerprint density at radius 2 is 2.00 bits per heavy atom. The number of hydrogen-bond acceptors (Lipinski definition) is 6. The van der Waals surface area contributed by atoms with Gasteiger partial charge in [0.2, 0.25) is 0 Å². The molecule has 37 heavy (non-hydrogen) atoms. The van der Waals surface area contributed by atoms with Gasteiger partial charge in [0.15, 0.2) is 5.82 Å². The maximum Gasteiger partial charge on any atom is 0.252 e. The van der Waals surface area contributed by atoms with Crippen LogP contribution in [0.3, 0.4) is 0 Å². The molecule has 0 saturated carbocycles. The van der Waals surface area contributed by atoms with E-state index in [-0.39, 0.29) is 23.5 Å². The first-order valence-electron chi connectivity index (χ1n) is 12.9. The van der Waals surface area contributed by atoms with Crippen LogP contribution in [0.2, 0.25) is 0 Å². The zero-order valence-electron chi connectivity index (χ0n) is 21.6. The van der Waals surface area contributed by atoms with E-state index in [0.717, 1.165) is 59.3 Å². The molecule has 1 aliphatic rings. The normalized spacial score (nSPS) is 16.6. The molecule has 1 fully saturated rings. The molecule has 0 unspecified atom stereocenters. The van der Waals surface area contributed by atoms with Gasteiger partial charge < -0.3 is 9.72 Å². The van der Waals surface area contributed by atoms with Crippen molar-refractivity contribution in [1.29, 1.82) is 0 Å². The second-order valence-electron chi connectivity index (χ2n) is 9.98. The average Bonchev–Trinajstić information content (AvgIpc) is 3.55. The number of nitrogens with zero attached hydrogens (tertiary/aromatic N) is 5. The molecule has 4 aromatic rings. The van der Waals surface area contributed by atoms with Gasteiger partial charge in [-0.1, -0.05) is 30.7 Å². The molecule has 1 aliphatic heterocycles. The second-order valence-corrected chi connectivity index (χ2v) is 9.98. The molecule has 0 radical (unpaired) electrons. The van der Waals surface area contributed by atoms with Gasteiger partial charge in [-0.25, -0.2) is 9.07 Å². The van der Waals surface area contributed by atoms with Gasteiger partial charge >= 0.3 is 0 Å². The van der Waals surface area contributed by atoms with E-state index in [1.807, 2.05) is 17.7 Å². The number of aryl methyl sites for hydroxylation is 2. The minimum atomic E-state index is -0.278. The summed E-state index contributed by atoms with van der Waals surface area (Å²) in [5, 5.41) is 13.7. The van der Waals surface area contributed by atoms with Gasteiger partial charge in [-0.2, -0.15) is 0 Å². The van der Waals surface area contributed by atoms with Crippen molar-refractivity contribution in [3.05, 3.63) is 86.7 Å². The van der Waals surface area contributed by atoms with Crippen molar-refractivity contribution >= 4 is 10.9 Å². The number of rotatable bonds is 9. The van der Waals surface area contributed by atoms with Gasteiger partial charge in [0.05, 0.1) is 24.2 Å². The number of H-pyrrole nitrogens is 1. The number of halogens is 1. The zero-order valence-corrected chi connectivity index (χ0v) is 21.6. The highest BCUT2D eigenvalue weighted by molar-refractivity contribution is 5.82. The average molecular weight is 505 g/mol. The molecule has 0 spiro atoms. The van der Waals surface area contributed by atoms with E-state index in [2.05, 4.69) is 51.4 Å². The van der Waals surface area contributed by atoms with Gasteiger partial charge in [-0.3, -0.25) is 9.69 Å². The third-order valence-corrected chi connectivity index (χ3v) is 7.13. The molecule has 8 nitrogen and oxygen atoms in total. The van der Waals surface area contributed by atoms with Crippen molar-refractivity contribution in [2.45, 2.75) is 71.8 Å². The molecule has 3 heterocycles. The minimum absolute atomic E-state index is 0.0973. The number of pyridine rings is 1. The maximum atomic E-state index is 13.6. The molecular formula is C28H33FN6O2. The van der Waals surface area contributed by atoms with Crippen LogP contribution in [0.4, 0.5) is 4.39 Å². The molecule has 9 heteroatoms. The summed E-state index contributed by atoms with van der Waals surface area (Å²) in [6.07, 6.45) is 2.86. The zero-order chi connectivity index (χ0) is 25.9. The van der Waals surface area contributed by atoms with Crippen molar-refractivity contribution < 1.29 is 9.13 Å². The third kappa shape index (κ3) is 5.62. The van der Waals surface area contributed by atoms with Gasteiger partial charge in [0.25, 0.3) is 5.56 Å². The van der Waals surface area contributed by atoms with Gasteiger partial charge in [-0.05, 0) is 84.3 Å². The summed E-state index contributed by atoms with van der Waals surface area (Å²) < 4.78 is 21.3. The summed E-state index contributed by atoms with van der Waals surface area (Å²) in [6.45, 7) is 8.41. The third-order valence-electron chi connectivity index (χ3n) is 7.13. The van der Waals surface area contributed by atoms with Gasteiger partial charge in [0.1, 0.15) is 5.82 Å². The number of nitrogens with one attached hydrogen (secondary N) is 1.